The monoisotopic (exact) mass is 215 g/mol. The Morgan fingerprint density at radius 3 is 3.00 bits per heavy atom. The van der Waals surface area contributed by atoms with Gasteiger partial charge in [0.2, 0.25) is 0 Å². The van der Waals surface area contributed by atoms with Crippen LogP contribution in [0.2, 0.25) is 0 Å². The normalized spacial score (nSPS) is 13.1. The molecule has 1 aromatic rings. The molecule has 74 valence electrons. The molecule has 0 aromatic carbocycles. The van der Waals surface area contributed by atoms with E-state index in [1.54, 1.807) is 0 Å². The number of hydrogen-bond donors (Lipinski definition) is 1. The molecule has 0 bridgehead atoms. The summed E-state index contributed by atoms with van der Waals surface area (Å²) in [7, 11) is 0. The molecule has 0 aliphatic carbocycles. The van der Waals surface area contributed by atoms with E-state index in [0.717, 1.165) is 6.54 Å². The summed E-state index contributed by atoms with van der Waals surface area (Å²) in [5.74, 6) is 1.20. The topological polar surface area (TPSA) is 12.0 Å². The summed E-state index contributed by atoms with van der Waals surface area (Å²) in [5.41, 5.74) is 0. The molecule has 0 fully saturated rings. The van der Waals surface area contributed by atoms with E-state index >= 15 is 0 Å². The van der Waals surface area contributed by atoms with Crippen molar-refractivity contribution in [1.82, 2.24) is 5.32 Å². The molecule has 1 aromatic heterocycles. The lowest BCUT2D eigenvalue weighted by atomic mass is 10.2. The van der Waals surface area contributed by atoms with Gasteiger partial charge in [0.05, 0.1) is 0 Å². The lowest BCUT2D eigenvalue weighted by molar-refractivity contribution is 0.548. The van der Waals surface area contributed by atoms with Crippen LogP contribution in [0, 0.1) is 0 Å². The number of rotatable bonds is 6. The van der Waals surface area contributed by atoms with Gasteiger partial charge in [-0.25, -0.2) is 0 Å². The van der Waals surface area contributed by atoms with Crippen LogP contribution < -0.4 is 5.32 Å². The Labute approximate surface area is 88.9 Å². The summed E-state index contributed by atoms with van der Waals surface area (Å²) in [5, 5.41) is 5.71. The fraction of sp³-hybridized carbons (Fsp3) is 0.600. The van der Waals surface area contributed by atoms with E-state index in [4.69, 9.17) is 0 Å². The highest BCUT2D eigenvalue weighted by Gasteiger charge is 2.07. The summed E-state index contributed by atoms with van der Waals surface area (Å²) in [4.78, 5) is 1.46. The fourth-order valence-electron chi connectivity index (χ4n) is 1.27. The van der Waals surface area contributed by atoms with Gasteiger partial charge in [-0.2, -0.15) is 11.8 Å². The predicted octanol–water partition coefficient (Wildman–Crippen LogP) is 3.15. The van der Waals surface area contributed by atoms with Crippen molar-refractivity contribution in [2.24, 2.45) is 0 Å². The molecular weight excluding hydrogens is 198 g/mol. The Kier molecular flexibility index (Phi) is 5.51. The molecule has 0 radical (unpaired) electrons. The highest BCUT2D eigenvalue weighted by Crippen LogP contribution is 2.21. The maximum atomic E-state index is 3.56. The zero-order valence-electron chi connectivity index (χ0n) is 8.25. The first-order valence-corrected chi connectivity index (χ1v) is 6.91. The molecule has 1 nitrogen and oxygen atoms in total. The molecule has 0 aliphatic rings. The summed E-state index contributed by atoms with van der Waals surface area (Å²) < 4.78 is 0. The molecule has 3 heteroatoms. The molecule has 1 atom stereocenters. The van der Waals surface area contributed by atoms with Gasteiger partial charge in [-0.15, -0.1) is 11.3 Å². The molecule has 1 heterocycles. The lowest BCUT2D eigenvalue weighted by Gasteiger charge is -2.14. The van der Waals surface area contributed by atoms with Gasteiger partial charge in [0.25, 0.3) is 0 Å². The third-order valence-corrected chi connectivity index (χ3v) is 3.59. The highest BCUT2D eigenvalue weighted by atomic mass is 32.2. The van der Waals surface area contributed by atoms with E-state index in [2.05, 4.69) is 36.0 Å². The third-order valence-electron chi connectivity index (χ3n) is 1.99. The predicted molar refractivity (Wildman–Crippen MR) is 63.7 cm³/mol. The second-order valence-corrected chi connectivity index (χ2v) is 4.89. The van der Waals surface area contributed by atoms with Crippen LogP contribution in [0.25, 0.3) is 0 Å². The molecule has 0 spiro atoms. The molecule has 13 heavy (non-hydrogen) atoms. The minimum atomic E-state index is 0.562. The van der Waals surface area contributed by atoms with Crippen molar-refractivity contribution in [1.29, 1.82) is 0 Å². The Morgan fingerprint density at radius 2 is 2.46 bits per heavy atom. The molecule has 0 saturated heterocycles. The van der Waals surface area contributed by atoms with Gasteiger partial charge in [-0.1, -0.05) is 13.0 Å². The minimum Gasteiger partial charge on any atom is -0.308 e. The largest absolute Gasteiger partial charge is 0.308 e. The second-order valence-electron chi connectivity index (χ2n) is 2.92. The van der Waals surface area contributed by atoms with Gasteiger partial charge in [-0.05, 0) is 24.1 Å². The van der Waals surface area contributed by atoms with Crippen LogP contribution in [0.15, 0.2) is 17.5 Å². The number of nitrogens with one attached hydrogen (secondary N) is 1. The minimum absolute atomic E-state index is 0.562. The van der Waals surface area contributed by atoms with E-state index in [0.29, 0.717) is 6.04 Å². The van der Waals surface area contributed by atoms with Gasteiger partial charge in [0.1, 0.15) is 0 Å². The summed E-state index contributed by atoms with van der Waals surface area (Å²) in [6.07, 6.45) is 3.32. The zero-order chi connectivity index (χ0) is 9.52. The maximum Gasteiger partial charge on any atom is 0.0412 e. The first kappa shape index (κ1) is 11.1. The van der Waals surface area contributed by atoms with Crippen LogP contribution in [-0.4, -0.2) is 18.6 Å². The maximum absolute atomic E-state index is 3.56. The quantitative estimate of drug-likeness (QED) is 0.732. The van der Waals surface area contributed by atoms with E-state index in [-0.39, 0.29) is 0 Å². The van der Waals surface area contributed by atoms with Crippen LogP contribution >= 0.6 is 23.1 Å². The van der Waals surface area contributed by atoms with Crippen LogP contribution in [-0.2, 0) is 0 Å². The van der Waals surface area contributed by atoms with E-state index < -0.39 is 0 Å². The van der Waals surface area contributed by atoms with Gasteiger partial charge < -0.3 is 5.32 Å². The van der Waals surface area contributed by atoms with Gasteiger partial charge in [0.15, 0.2) is 0 Å². The molecular formula is C10H17NS2. The Balaban J connectivity index is 2.35. The van der Waals surface area contributed by atoms with Crippen molar-refractivity contribution in [3.05, 3.63) is 22.4 Å². The van der Waals surface area contributed by atoms with Crippen LogP contribution in [0.5, 0.6) is 0 Å². The van der Waals surface area contributed by atoms with Crippen molar-refractivity contribution >= 4 is 23.1 Å². The zero-order valence-corrected chi connectivity index (χ0v) is 9.88. The van der Waals surface area contributed by atoms with Gasteiger partial charge in [-0.3, -0.25) is 0 Å². The van der Waals surface area contributed by atoms with Crippen molar-refractivity contribution in [3.63, 3.8) is 0 Å². The summed E-state index contributed by atoms with van der Waals surface area (Å²) >= 11 is 3.74. The molecule has 1 unspecified atom stereocenters. The SMILES string of the molecule is CCC(NCCSC)c1cccs1. The number of hydrogen-bond acceptors (Lipinski definition) is 3. The number of thiophene rings is 1. The van der Waals surface area contributed by atoms with Crippen molar-refractivity contribution in [3.8, 4) is 0 Å². The Bertz CT molecular complexity index is 209. The smallest absolute Gasteiger partial charge is 0.0412 e. The van der Waals surface area contributed by atoms with Crippen molar-refractivity contribution < 1.29 is 0 Å². The third kappa shape index (κ3) is 3.71. The van der Waals surface area contributed by atoms with Crippen LogP contribution in [0.1, 0.15) is 24.3 Å². The molecule has 1 N–H and O–H groups in total. The summed E-state index contributed by atoms with van der Waals surface area (Å²) in [6.45, 7) is 3.34. The molecule has 0 aliphatic heterocycles. The van der Waals surface area contributed by atoms with Gasteiger partial charge >= 0.3 is 0 Å². The Morgan fingerprint density at radius 1 is 1.62 bits per heavy atom. The molecule has 1 rings (SSSR count). The first-order chi connectivity index (χ1) is 6.38. The molecule has 0 amide bonds. The Hall–Kier alpha value is 0.01000. The highest BCUT2D eigenvalue weighted by molar-refractivity contribution is 7.98. The van der Waals surface area contributed by atoms with E-state index in [1.165, 1.54) is 17.1 Å². The first-order valence-electron chi connectivity index (χ1n) is 4.64. The fourth-order valence-corrected chi connectivity index (χ4v) is 2.48. The van der Waals surface area contributed by atoms with Crippen molar-refractivity contribution in [2.75, 3.05) is 18.6 Å². The van der Waals surface area contributed by atoms with Crippen LogP contribution in [0.3, 0.4) is 0 Å². The standard InChI is InChI=1S/C10H17NS2/c1-3-9(11-6-8-12-2)10-5-4-7-13-10/h4-5,7,9,11H,3,6,8H2,1-2H3. The van der Waals surface area contributed by atoms with E-state index in [1.807, 2.05) is 23.1 Å². The average molecular weight is 215 g/mol. The van der Waals surface area contributed by atoms with Crippen LogP contribution in [0.4, 0.5) is 0 Å². The lowest BCUT2D eigenvalue weighted by Crippen LogP contribution is -2.22. The number of thioether (sulfide) groups is 1. The summed E-state index contributed by atoms with van der Waals surface area (Å²) in [6, 6.07) is 4.90. The van der Waals surface area contributed by atoms with E-state index in [9.17, 15) is 0 Å². The average Bonchev–Trinajstić information content (AvgIpc) is 2.65. The molecule has 0 saturated carbocycles. The van der Waals surface area contributed by atoms with Gasteiger partial charge in [0, 0.05) is 23.2 Å². The van der Waals surface area contributed by atoms with Crippen molar-refractivity contribution in [2.45, 2.75) is 19.4 Å². The second kappa shape index (κ2) is 6.46.